The third-order valence-electron chi connectivity index (χ3n) is 3.62. The minimum absolute atomic E-state index is 0.0450. The summed E-state index contributed by atoms with van der Waals surface area (Å²) in [5, 5.41) is 12.8. The summed E-state index contributed by atoms with van der Waals surface area (Å²) >= 11 is 0. The van der Waals surface area contributed by atoms with Gasteiger partial charge in [-0.3, -0.25) is 0 Å². The van der Waals surface area contributed by atoms with Gasteiger partial charge in [0.1, 0.15) is 9.84 Å². The van der Waals surface area contributed by atoms with E-state index in [1.165, 1.54) is 25.5 Å². The van der Waals surface area contributed by atoms with E-state index in [-0.39, 0.29) is 17.8 Å². The third kappa shape index (κ3) is 5.84. The molecule has 0 radical (unpaired) electrons. The fourth-order valence-corrected chi connectivity index (χ4v) is 3.17. The van der Waals surface area contributed by atoms with Gasteiger partial charge in [-0.1, -0.05) is 19.3 Å². The molecule has 4 nitrogen and oxygen atoms in total. The minimum atomic E-state index is -2.84. The molecule has 1 saturated carbocycles. The SMILES string of the molecule is CS(=O)(=O)CCCNCC1(CO)CCCCC1. The van der Waals surface area contributed by atoms with Crippen molar-refractivity contribution < 1.29 is 13.5 Å². The van der Waals surface area contributed by atoms with Gasteiger partial charge in [0.15, 0.2) is 0 Å². The molecule has 1 fully saturated rings. The second-order valence-corrected chi connectivity index (χ2v) is 7.64. The van der Waals surface area contributed by atoms with Crippen LogP contribution in [0.15, 0.2) is 0 Å². The van der Waals surface area contributed by atoms with Crippen LogP contribution in [0.3, 0.4) is 0 Å². The standard InChI is InChI=1S/C12H25NO3S/c1-17(15,16)9-5-8-13-10-12(11-14)6-3-2-4-7-12/h13-14H,2-11H2,1H3. The summed E-state index contributed by atoms with van der Waals surface area (Å²) in [6, 6.07) is 0. The van der Waals surface area contributed by atoms with Crippen molar-refractivity contribution in [3.05, 3.63) is 0 Å². The van der Waals surface area contributed by atoms with Gasteiger partial charge in [-0.2, -0.15) is 0 Å². The van der Waals surface area contributed by atoms with Crippen LogP contribution < -0.4 is 5.32 Å². The summed E-state index contributed by atoms with van der Waals surface area (Å²) in [7, 11) is -2.84. The van der Waals surface area contributed by atoms with Gasteiger partial charge < -0.3 is 10.4 Å². The molecule has 0 amide bonds. The number of rotatable bonds is 7. The summed E-state index contributed by atoms with van der Waals surface area (Å²) < 4.78 is 21.9. The Kier molecular flexibility index (Phi) is 5.89. The van der Waals surface area contributed by atoms with Gasteiger partial charge in [-0.05, 0) is 25.8 Å². The Bertz CT molecular complexity index is 308. The molecule has 0 aromatic carbocycles. The topological polar surface area (TPSA) is 66.4 Å². The third-order valence-corrected chi connectivity index (χ3v) is 4.65. The number of hydrogen-bond donors (Lipinski definition) is 2. The van der Waals surface area contributed by atoms with Crippen molar-refractivity contribution >= 4 is 9.84 Å². The molecule has 0 spiro atoms. The van der Waals surface area contributed by atoms with E-state index in [1.807, 2.05) is 0 Å². The van der Waals surface area contributed by atoms with Crippen molar-refractivity contribution in [2.45, 2.75) is 38.5 Å². The van der Waals surface area contributed by atoms with Crippen molar-refractivity contribution in [1.29, 1.82) is 0 Å². The predicted molar refractivity (Wildman–Crippen MR) is 69.8 cm³/mol. The molecule has 102 valence electrons. The summed E-state index contributed by atoms with van der Waals surface area (Å²) in [5.41, 5.74) is 0.0450. The first-order chi connectivity index (χ1) is 7.97. The number of nitrogens with one attached hydrogen (secondary N) is 1. The van der Waals surface area contributed by atoms with Gasteiger partial charge >= 0.3 is 0 Å². The largest absolute Gasteiger partial charge is 0.396 e. The Morgan fingerprint density at radius 1 is 1.24 bits per heavy atom. The highest BCUT2D eigenvalue weighted by atomic mass is 32.2. The van der Waals surface area contributed by atoms with Crippen molar-refractivity contribution in [3.8, 4) is 0 Å². The van der Waals surface area contributed by atoms with Crippen LogP contribution >= 0.6 is 0 Å². The fourth-order valence-electron chi connectivity index (χ4n) is 2.51. The Labute approximate surface area is 105 Å². The van der Waals surface area contributed by atoms with E-state index in [9.17, 15) is 13.5 Å². The van der Waals surface area contributed by atoms with Crippen LogP contribution in [0.2, 0.25) is 0 Å². The lowest BCUT2D eigenvalue weighted by Crippen LogP contribution is -2.39. The molecule has 0 saturated heterocycles. The fraction of sp³-hybridized carbons (Fsp3) is 1.00. The smallest absolute Gasteiger partial charge is 0.147 e. The first kappa shape index (κ1) is 14.9. The van der Waals surface area contributed by atoms with E-state index in [4.69, 9.17) is 0 Å². The van der Waals surface area contributed by atoms with E-state index < -0.39 is 9.84 Å². The quantitative estimate of drug-likeness (QED) is 0.671. The molecule has 1 aliphatic rings. The zero-order valence-corrected chi connectivity index (χ0v) is 11.6. The van der Waals surface area contributed by atoms with Gasteiger partial charge in [0.05, 0.1) is 5.75 Å². The Hall–Kier alpha value is -0.130. The van der Waals surface area contributed by atoms with E-state index in [2.05, 4.69) is 5.32 Å². The first-order valence-electron chi connectivity index (χ1n) is 6.47. The molecular formula is C12H25NO3S. The van der Waals surface area contributed by atoms with E-state index >= 15 is 0 Å². The zero-order chi connectivity index (χ0) is 12.8. The van der Waals surface area contributed by atoms with Gasteiger partial charge in [-0.15, -0.1) is 0 Å². The van der Waals surface area contributed by atoms with Crippen LogP contribution in [0.1, 0.15) is 38.5 Å². The van der Waals surface area contributed by atoms with Gasteiger partial charge in [0.25, 0.3) is 0 Å². The highest BCUT2D eigenvalue weighted by molar-refractivity contribution is 7.90. The number of hydrogen-bond acceptors (Lipinski definition) is 4. The lowest BCUT2D eigenvalue weighted by atomic mass is 9.74. The first-order valence-corrected chi connectivity index (χ1v) is 8.53. The van der Waals surface area contributed by atoms with Gasteiger partial charge in [0.2, 0.25) is 0 Å². The average molecular weight is 263 g/mol. The Morgan fingerprint density at radius 2 is 1.88 bits per heavy atom. The maximum Gasteiger partial charge on any atom is 0.147 e. The molecule has 0 aromatic rings. The van der Waals surface area contributed by atoms with Crippen LogP contribution in [-0.4, -0.2) is 45.2 Å². The molecular weight excluding hydrogens is 238 g/mol. The molecule has 1 rings (SSSR count). The summed E-state index contributed by atoms with van der Waals surface area (Å²) in [5.74, 6) is 0.242. The predicted octanol–water partition coefficient (Wildman–Crippen LogP) is 0.953. The van der Waals surface area contributed by atoms with E-state index in [1.54, 1.807) is 0 Å². The van der Waals surface area contributed by atoms with Crippen LogP contribution in [0.25, 0.3) is 0 Å². The summed E-state index contributed by atoms with van der Waals surface area (Å²) in [4.78, 5) is 0. The molecule has 5 heteroatoms. The van der Waals surface area contributed by atoms with E-state index in [0.29, 0.717) is 6.42 Å². The van der Waals surface area contributed by atoms with Crippen LogP contribution in [0.5, 0.6) is 0 Å². The maximum atomic E-state index is 10.9. The molecule has 0 heterocycles. The second kappa shape index (κ2) is 6.71. The Morgan fingerprint density at radius 3 is 2.41 bits per heavy atom. The second-order valence-electron chi connectivity index (χ2n) is 5.38. The van der Waals surface area contributed by atoms with Crippen molar-refractivity contribution in [3.63, 3.8) is 0 Å². The molecule has 0 bridgehead atoms. The number of aliphatic hydroxyl groups is 1. The molecule has 0 aliphatic heterocycles. The highest BCUT2D eigenvalue weighted by Gasteiger charge is 2.30. The summed E-state index contributed by atoms with van der Waals surface area (Å²) in [6.07, 6.45) is 7.77. The van der Waals surface area contributed by atoms with Crippen LogP contribution in [0.4, 0.5) is 0 Å². The van der Waals surface area contributed by atoms with Gasteiger partial charge in [-0.25, -0.2) is 8.42 Å². The molecule has 17 heavy (non-hydrogen) atoms. The van der Waals surface area contributed by atoms with Gasteiger partial charge in [0, 0.05) is 24.8 Å². The molecule has 1 aliphatic carbocycles. The van der Waals surface area contributed by atoms with Crippen molar-refractivity contribution in [2.75, 3.05) is 31.7 Å². The lowest BCUT2D eigenvalue weighted by Gasteiger charge is -2.35. The number of aliphatic hydroxyl groups excluding tert-OH is 1. The van der Waals surface area contributed by atoms with Crippen molar-refractivity contribution in [1.82, 2.24) is 5.32 Å². The van der Waals surface area contributed by atoms with Crippen molar-refractivity contribution in [2.24, 2.45) is 5.41 Å². The highest BCUT2D eigenvalue weighted by Crippen LogP contribution is 2.35. The molecule has 2 N–H and O–H groups in total. The Balaban J connectivity index is 2.20. The zero-order valence-electron chi connectivity index (χ0n) is 10.7. The summed E-state index contributed by atoms with van der Waals surface area (Å²) in [6.45, 7) is 1.77. The van der Waals surface area contributed by atoms with Crippen LogP contribution in [-0.2, 0) is 9.84 Å². The minimum Gasteiger partial charge on any atom is -0.396 e. The normalized spacial score (nSPS) is 20.4. The molecule has 0 atom stereocenters. The van der Waals surface area contributed by atoms with E-state index in [0.717, 1.165) is 25.9 Å². The molecule has 0 unspecified atom stereocenters. The maximum absolute atomic E-state index is 10.9. The van der Waals surface area contributed by atoms with Crippen LogP contribution in [0, 0.1) is 5.41 Å². The lowest BCUT2D eigenvalue weighted by molar-refractivity contribution is 0.0816. The monoisotopic (exact) mass is 263 g/mol. The average Bonchev–Trinajstić information content (AvgIpc) is 2.28. The molecule has 0 aromatic heterocycles. The number of sulfone groups is 1.